The van der Waals surface area contributed by atoms with E-state index < -0.39 is 0 Å². The van der Waals surface area contributed by atoms with Crippen LogP contribution in [0, 0.1) is 5.82 Å². The summed E-state index contributed by atoms with van der Waals surface area (Å²) in [5.74, 6) is -0.398. The molecule has 0 aromatic heterocycles. The van der Waals surface area contributed by atoms with Gasteiger partial charge in [0.15, 0.2) is 0 Å². The maximum absolute atomic E-state index is 12.8. The van der Waals surface area contributed by atoms with Crippen molar-refractivity contribution in [2.75, 3.05) is 18.4 Å². The number of nitrogens with one attached hydrogen (secondary N) is 1. The van der Waals surface area contributed by atoms with Gasteiger partial charge in [0.2, 0.25) is 5.91 Å². The molecule has 0 bridgehead atoms. The minimum atomic E-state index is -0.313. The van der Waals surface area contributed by atoms with Crippen LogP contribution in [0.1, 0.15) is 20.8 Å². The van der Waals surface area contributed by atoms with E-state index in [-0.39, 0.29) is 30.0 Å². The van der Waals surface area contributed by atoms with Crippen molar-refractivity contribution in [2.45, 2.75) is 39.0 Å². The Labute approximate surface area is 118 Å². The molecule has 1 fully saturated rings. The summed E-state index contributed by atoms with van der Waals surface area (Å²) in [5, 5.41) is 2.81. The zero-order valence-corrected chi connectivity index (χ0v) is 12.1. The molecule has 0 spiro atoms. The molecule has 0 radical (unpaired) electrons. The Hall–Kier alpha value is -1.46. The minimum Gasteiger partial charge on any atom is -0.373 e. The van der Waals surface area contributed by atoms with Gasteiger partial charge in [-0.3, -0.25) is 9.69 Å². The zero-order valence-electron chi connectivity index (χ0n) is 12.1. The van der Waals surface area contributed by atoms with Gasteiger partial charge in [-0.25, -0.2) is 4.39 Å². The standard InChI is InChI=1S/C15H21FN2O2/c1-10-8-18(9-11(2)20-10)12(3)15(19)17-14-6-4-13(16)5-7-14/h4-7,10-12H,8-9H2,1-3H3,(H,17,19)/t10-,11+,12-/m1/s1. The zero-order chi connectivity index (χ0) is 14.7. The van der Waals surface area contributed by atoms with E-state index in [0.717, 1.165) is 13.1 Å². The van der Waals surface area contributed by atoms with Gasteiger partial charge >= 0.3 is 0 Å². The van der Waals surface area contributed by atoms with Crippen LogP contribution in [0.4, 0.5) is 10.1 Å². The highest BCUT2D eigenvalue weighted by molar-refractivity contribution is 5.94. The second-order valence-corrected chi connectivity index (χ2v) is 5.38. The van der Waals surface area contributed by atoms with Crippen molar-refractivity contribution in [3.8, 4) is 0 Å². The summed E-state index contributed by atoms with van der Waals surface area (Å²) < 4.78 is 18.5. The van der Waals surface area contributed by atoms with Crippen molar-refractivity contribution in [3.05, 3.63) is 30.1 Å². The Morgan fingerprint density at radius 1 is 1.30 bits per heavy atom. The Kier molecular flexibility index (Phi) is 4.73. The summed E-state index contributed by atoms with van der Waals surface area (Å²) in [6, 6.07) is 5.54. The predicted molar refractivity (Wildman–Crippen MR) is 76.1 cm³/mol. The molecule has 3 atom stereocenters. The van der Waals surface area contributed by atoms with E-state index in [1.54, 1.807) is 12.1 Å². The first-order valence-corrected chi connectivity index (χ1v) is 6.91. The van der Waals surface area contributed by atoms with E-state index in [2.05, 4.69) is 10.2 Å². The van der Waals surface area contributed by atoms with Crippen LogP contribution in [-0.4, -0.2) is 42.1 Å². The molecule has 1 aliphatic heterocycles. The van der Waals surface area contributed by atoms with E-state index in [1.807, 2.05) is 20.8 Å². The lowest BCUT2D eigenvalue weighted by atomic mass is 10.1. The number of halogens is 1. The van der Waals surface area contributed by atoms with Crippen LogP contribution in [0.15, 0.2) is 24.3 Å². The van der Waals surface area contributed by atoms with Gasteiger partial charge in [0.25, 0.3) is 0 Å². The van der Waals surface area contributed by atoms with Crippen LogP contribution in [0.5, 0.6) is 0 Å². The summed E-state index contributed by atoms with van der Waals surface area (Å²) in [7, 11) is 0. The van der Waals surface area contributed by atoms with Gasteiger partial charge in [-0.1, -0.05) is 0 Å². The monoisotopic (exact) mass is 280 g/mol. The lowest BCUT2D eigenvalue weighted by Gasteiger charge is -2.38. The predicted octanol–water partition coefficient (Wildman–Crippen LogP) is 2.26. The van der Waals surface area contributed by atoms with Crippen LogP contribution in [-0.2, 0) is 9.53 Å². The van der Waals surface area contributed by atoms with Crippen molar-refractivity contribution in [1.82, 2.24) is 4.90 Å². The quantitative estimate of drug-likeness (QED) is 0.923. The van der Waals surface area contributed by atoms with E-state index in [9.17, 15) is 9.18 Å². The molecule has 0 aliphatic carbocycles. The van der Waals surface area contributed by atoms with Crippen LogP contribution >= 0.6 is 0 Å². The molecule has 0 unspecified atom stereocenters. The molecule has 1 N–H and O–H groups in total. The van der Waals surface area contributed by atoms with Crippen LogP contribution in [0.2, 0.25) is 0 Å². The van der Waals surface area contributed by atoms with Crippen LogP contribution in [0.3, 0.4) is 0 Å². The number of carbonyl (C=O) groups is 1. The van der Waals surface area contributed by atoms with E-state index in [4.69, 9.17) is 4.74 Å². The second kappa shape index (κ2) is 6.33. The van der Waals surface area contributed by atoms with Crippen molar-refractivity contribution in [2.24, 2.45) is 0 Å². The molecular formula is C15H21FN2O2. The number of amides is 1. The number of ether oxygens (including phenoxy) is 1. The van der Waals surface area contributed by atoms with Crippen molar-refractivity contribution in [3.63, 3.8) is 0 Å². The molecule has 1 aromatic rings. The highest BCUT2D eigenvalue weighted by Gasteiger charge is 2.29. The summed E-state index contributed by atoms with van der Waals surface area (Å²) >= 11 is 0. The molecule has 0 saturated carbocycles. The van der Waals surface area contributed by atoms with Gasteiger partial charge in [0, 0.05) is 18.8 Å². The van der Waals surface area contributed by atoms with E-state index in [1.165, 1.54) is 12.1 Å². The van der Waals surface area contributed by atoms with Gasteiger partial charge < -0.3 is 10.1 Å². The Balaban J connectivity index is 1.96. The first-order valence-electron chi connectivity index (χ1n) is 6.91. The van der Waals surface area contributed by atoms with Crippen molar-refractivity contribution >= 4 is 11.6 Å². The molecule has 1 amide bonds. The number of hydrogen-bond donors (Lipinski definition) is 1. The molecule has 1 heterocycles. The van der Waals surface area contributed by atoms with Gasteiger partial charge in [-0.2, -0.15) is 0 Å². The van der Waals surface area contributed by atoms with E-state index in [0.29, 0.717) is 5.69 Å². The first-order chi connectivity index (χ1) is 9.45. The summed E-state index contributed by atoms with van der Waals surface area (Å²) in [4.78, 5) is 14.3. The van der Waals surface area contributed by atoms with E-state index >= 15 is 0 Å². The smallest absolute Gasteiger partial charge is 0.241 e. The highest BCUT2D eigenvalue weighted by Crippen LogP contribution is 2.15. The molecule has 1 saturated heterocycles. The summed E-state index contributed by atoms with van der Waals surface area (Å²) in [6.07, 6.45) is 0.250. The molecule has 1 aromatic carbocycles. The average Bonchev–Trinajstić information content (AvgIpc) is 2.39. The number of morpholine rings is 1. The third-order valence-electron chi connectivity index (χ3n) is 3.49. The molecular weight excluding hydrogens is 259 g/mol. The first kappa shape index (κ1) is 14.9. The third kappa shape index (κ3) is 3.77. The van der Waals surface area contributed by atoms with Crippen LogP contribution < -0.4 is 5.32 Å². The van der Waals surface area contributed by atoms with Gasteiger partial charge in [0.05, 0.1) is 18.2 Å². The largest absolute Gasteiger partial charge is 0.373 e. The highest BCUT2D eigenvalue weighted by atomic mass is 19.1. The summed E-state index contributed by atoms with van der Waals surface area (Å²) in [5.41, 5.74) is 0.609. The summed E-state index contributed by atoms with van der Waals surface area (Å²) in [6.45, 7) is 7.37. The fourth-order valence-corrected chi connectivity index (χ4v) is 2.48. The minimum absolute atomic E-state index is 0.0853. The van der Waals surface area contributed by atoms with Gasteiger partial charge in [-0.15, -0.1) is 0 Å². The van der Waals surface area contributed by atoms with Gasteiger partial charge in [-0.05, 0) is 45.0 Å². The Morgan fingerprint density at radius 2 is 1.85 bits per heavy atom. The molecule has 2 rings (SSSR count). The molecule has 5 heteroatoms. The number of carbonyl (C=O) groups excluding carboxylic acids is 1. The number of rotatable bonds is 3. The van der Waals surface area contributed by atoms with Crippen LogP contribution in [0.25, 0.3) is 0 Å². The number of hydrogen-bond acceptors (Lipinski definition) is 3. The lowest BCUT2D eigenvalue weighted by molar-refractivity contribution is -0.126. The van der Waals surface area contributed by atoms with Gasteiger partial charge in [0.1, 0.15) is 5.82 Å². The Morgan fingerprint density at radius 3 is 2.40 bits per heavy atom. The third-order valence-corrected chi connectivity index (χ3v) is 3.49. The maximum Gasteiger partial charge on any atom is 0.241 e. The topological polar surface area (TPSA) is 41.6 Å². The second-order valence-electron chi connectivity index (χ2n) is 5.38. The molecule has 1 aliphatic rings. The molecule has 110 valence electrons. The Bertz CT molecular complexity index is 453. The number of nitrogens with zero attached hydrogens (tertiary/aromatic N) is 1. The number of benzene rings is 1. The van der Waals surface area contributed by atoms with Crippen molar-refractivity contribution < 1.29 is 13.9 Å². The SMILES string of the molecule is C[C@@H]1CN([C@H](C)C(=O)Nc2ccc(F)cc2)C[C@H](C)O1. The average molecular weight is 280 g/mol. The molecule has 20 heavy (non-hydrogen) atoms. The molecule has 4 nitrogen and oxygen atoms in total. The van der Waals surface area contributed by atoms with Crippen molar-refractivity contribution in [1.29, 1.82) is 0 Å². The maximum atomic E-state index is 12.8. The number of anilines is 1. The fraction of sp³-hybridized carbons (Fsp3) is 0.533. The lowest BCUT2D eigenvalue weighted by Crippen LogP contribution is -2.52. The normalized spacial score (nSPS) is 25.2. The fourth-order valence-electron chi connectivity index (χ4n) is 2.48.